The van der Waals surface area contributed by atoms with Crippen molar-refractivity contribution in [1.82, 2.24) is 9.55 Å². The van der Waals surface area contributed by atoms with Crippen LogP contribution in [0, 0.1) is 5.82 Å². The van der Waals surface area contributed by atoms with Crippen LogP contribution in [0.15, 0.2) is 36.7 Å². The van der Waals surface area contributed by atoms with Gasteiger partial charge in [0.2, 0.25) is 5.95 Å². The monoisotopic (exact) mass is 217 g/mol. The molecule has 0 atom stereocenters. The molecular weight excluding hydrogens is 205 g/mol. The first-order valence-corrected chi connectivity index (χ1v) is 5.39. The van der Waals surface area contributed by atoms with E-state index in [1.807, 2.05) is 16.8 Å². The zero-order chi connectivity index (χ0) is 11.0. The van der Waals surface area contributed by atoms with Crippen molar-refractivity contribution in [1.29, 1.82) is 0 Å². The first-order chi connectivity index (χ1) is 7.83. The Bertz CT molecular complexity index is 502. The van der Waals surface area contributed by atoms with Gasteiger partial charge in [0.15, 0.2) is 0 Å². The lowest BCUT2D eigenvalue weighted by Gasteiger charge is -2.08. The van der Waals surface area contributed by atoms with Crippen LogP contribution in [-0.4, -0.2) is 15.6 Å². The van der Waals surface area contributed by atoms with E-state index in [1.54, 1.807) is 12.3 Å². The summed E-state index contributed by atoms with van der Waals surface area (Å²) in [5.41, 5.74) is 0.792. The molecule has 1 heterocycles. The summed E-state index contributed by atoms with van der Waals surface area (Å²) in [6.07, 6.45) is 5.93. The van der Waals surface area contributed by atoms with Crippen LogP contribution in [0.1, 0.15) is 12.8 Å². The number of anilines is 1. The number of hydrogen-bond acceptors (Lipinski definition) is 2. The number of benzene rings is 1. The Morgan fingerprint density at radius 2 is 2.25 bits per heavy atom. The Balaban J connectivity index is 1.95. The summed E-state index contributed by atoms with van der Waals surface area (Å²) in [7, 11) is 0. The van der Waals surface area contributed by atoms with Crippen molar-refractivity contribution in [3.05, 3.63) is 42.5 Å². The van der Waals surface area contributed by atoms with Crippen molar-refractivity contribution in [2.75, 3.05) is 5.32 Å². The molecule has 1 aliphatic rings. The summed E-state index contributed by atoms with van der Waals surface area (Å²) in [6, 6.07) is 7.04. The molecule has 2 aromatic rings. The first kappa shape index (κ1) is 9.39. The fourth-order valence-electron chi connectivity index (χ4n) is 1.65. The second-order valence-electron chi connectivity index (χ2n) is 4.02. The smallest absolute Gasteiger partial charge is 0.207 e. The van der Waals surface area contributed by atoms with Crippen molar-refractivity contribution < 1.29 is 4.39 Å². The van der Waals surface area contributed by atoms with E-state index in [0.717, 1.165) is 11.6 Å². The number of imidazole rings is 1. The molecule has 1 N–H and O–H groups in total. The summed E-state index contributed by atoms with van der Waals surface area (Å²) >= 11 is 0. The van der Waals surface area contributed by atoms with Crippen molar-refractivity contribution in [2.24, 2.45) is 0 Å². The van der Waals surface area contributed by atoms with Crippen LogP contribution < -0.4 is 5.32 Å². The molecule has 0 radical (unpaired) electrons. The van der Waals surface area contributed by atoms with Gasteiger partial charge in [-0.15, -0.1) is 0 Å². The van der Waals surface area contributed by atoms with E-state index >= 15 is 0 Å². The van der Waals surface area contributed by atoms with E-state index in [1.165, 1.54) is 25.0 Å². The average Bonchev–Trinajstić information content (AvgIpc) is 2.95. The van der Waals surface area contributed by atoms with Crippen molar-refractivity contribution in [3.8, 4) is 5.69 Å². The molecule has 4 heteroatoms. The van der Waals surface area contributed by atoms with Crippen LogP contribution >= 0.6 is 0 Å². The second-order valence-corrected chi connectivity index (χ2v) is 4.02. The fraction of sp³-hybridized carbons (Fsp3) is 0.250. The van der Waals surface area contributed by atoms with Crippen LogP contribution in [0.2, 0.25) is 0 Å². The molecule has 0 aliphatic heterocycles. The fourth-order valence-corrected chi connectivity index (χ4v) is 1.65. The predicted octanol–water partition coefficient (Wildman–Crippen LogP) is 2.59. The summed E-state index contributed by atoms with van der Waals surface area (Å²) in [6.45, 7) is 0. The van der Waals surface area contributed by atoms with Gasteiger partial charge in [-0.25, -0.2) is 9.37 Å². The lowest BCUT2D eigenvalue weighted by molar-refractivity contribution is 0.626. The summed E-state index contributed by atoms with van der Waals surface area (Å²) in [5, 5.41) is 3.31. The highest BCUT2D eigenvalue weighted by Crippen LogP contribution is 2.25. The van der Waals surface area contributed by atoms with E-state index in [-0.39, 0.29) is 5.82 Å². The normalized spacial score (nSPS) is 15.1. The number of nitrogens with one attached hydrogen (secondary N) is 1. The SMILES string of the molecule is Fc1cccc(-n2ccnc2NC2CC2)c1. The van der Waals surface area contributed by atoms with Gasteiger partial charge in [-0.1, -0.05) is 6.07 Å². The minimum Gasteiger partial charge on any atom is -0.353 e. The molecule has 0 spiro atoms. The topological polar surface area (TPSA) is 29.9 Å². The Labute approximate surface area is 92.9 Å². The molecule has 1 aromatic carbocycles. The molecule has 1 aliphatic carbocycles. The molecule has 3 nitrogen and oxygen atoms in total. The first-order valence-electron chi connectivity index (χ1n) is 5.39. The highest BCUT2D eigenvalue weighted by atomic mass is 19.1. The third-order valence-electron chi connectivity index (χ3n) is 2.64. The van der Waals surface area contributed by atoms with Crippen LogP contribution in [0.25, 0.3) is 5.69 Å². The van der Waals surface area contributed by atoms with Gasteiger partial charge in [-0.3, -0.25) is 4.57 Å². The van der Waals surface area contributed by atoms with Crippen LogP contribution in [0.5, 0.6) is 0 Å². The predicted molar refractivity (Wildman–Crippen MR) is 60.2 cm³/mol. The minimum atomic E-state index is -0.233. The largest absolute Gasteiger partial charge is 0.353 e. The van der Waals surface area contributed by atoms with Gasteiger partial charge in [-0.05, 0) is 31.0 Å². The van der Waals surface area contributed by atoms with Gasteiger partial charge in [0.05, 0.1) is 5.69 Å². The zero-order valence-electron chi connectivity index (χ0n) is 8.73. The highest BCUT2D eigenvalue weighted by Gasteiger charge is 2.22. The van der Waals surface area contributed by atoms with Crippen LogP contribution in [0.4, 0.5) is 10.3 Å². The average molecular weight is 217 g/mol. The highest BCUT2D eigenvalue weighted by molar-refractivity contribution is 5.42. The molecule has 16 heavy (non-hydrogen) atoms. The molecule has 0 unspecified atom stereocenters. The molecule has 0 bridgehead atoms. The van der Waals surface area contributed by atoms with E-state index in [2.05, 4.69) is 10.3 Å². The minimum absolute atomic E-state index is 0.233. The van der Waals surface area contributed by atoms with E-state index < -0.39 is 0 Å². The van der Waals surface area contributed by atoms with Crippen LogP contribution in [0.3, 0.4) is 0 Å². The Morgan fingerprint density at radius 1 is 1.38 bits per heavy atom. The zero-order valence-corrected chi connectivity index (χ0v) is 8.73. The van der Waals surface area contributed by atoms with Gasteiger partial charge < -0.3 is 5.32 Å². The van der Waals surface area contributed by atoms with Crippen molar-refractivity contribution in [2.45, 2.75) is 18.9 Å². The molecule has 0 amide bonds. The van der Waals surface area contributed by atoms with Gasteiger partial charge in [0.1, 0.15) is 5.82 Å². The number of rotatable bonds is 3. The summed E-state index contributed by atoms with van der Waals surface area (Å²) in [4.78, 5) is 4.23. The third kappa shape index (κ3) is 1.78. The van der Waals surface area contributed by atoms with Gasteiger partial charge >= 0.3 is 0 Å². The third-order valence-corrected chi connectivity index (χ3v) is 2.64. The second kappa shape index (κ2) is 3.63. The molecule has 0 saturated heterocycles. The quantitative estimate of drug-likeness (QED) is 0.856. The number of aromatic nitrogens is 2. The lowest BCUT2D eigenvalue weighted by atomic mass is 10.3. The Morgan fingerprint density at radius 3 is 3.00 bits per heavy atom. The van der Waals surface area contributed by atoms with E-state index in [0.29, 0.717) is 6.04 Å². The van der Waals surface area contributed by atoms with E-state index in [9.17, 15) is 4.39 Å². The Kier molecular flexibility index (Phi) is 2.13. The van der Waals surface area contributed by atoms with Gasteiger partial charge in [0.25, 0.3) is 0 Å². The standard InChI is InChI=1S/C12H12FN3/c13-9-2-1-3-11(8-9)16-7-6-14-12(16)15-10-4-5-10/h1-3,6-8,10H,4-5H2,(H,14,15). The molecule has 1 saturated carbocycles. The van der Waals surface area contributed by atoms with Crippen molar-refractivity contribution >= 4 is 5.95 Å². The number of halogens is 1. The molecule has 82 valence electrons. The maximum atomic E-state index is 13.1. The molecule has 1 aromatic heterocycles. The molecule has 1 fully saturated rings. The van der Waals surface area contributed by atoms with Gasteiger partial charge in [0, 0.05) is 18.4 Å². The van der Waals surface area contributed by atoms with E-state index in [4.69, 9.17) is 0 Å². The Hall–Kier alpha value is -1.84. The van der Waals surface area contributed by atoms with Crippen molar-refractivity contribution in [3.63, 3.8) is 0 Å². The van der Waals surface area contributed by atoms with Gasteiger partial charge in [-0.2, -0.15) is 0 Å². The summed E-state index contributed by atoms with van der Waals surface area (Å²) in [5.74, 6) is 0.552. The number of nitrogens with zero attached hydrogens (tertiary/aromatic N) is 2. The molecular formula is C12H12FN3. The maximum absolute atomic E-state index is 13.1. The maximum Gasteiger partial charge on any atom is 0.207 e. The number of hydrogen-bond donors (Lipinski definition) is 1. The molecule has 3 rings (SSSR count). The summed E-state index contributed by atoms with van der Waals surface area (Å²) < 4.78 is 15.0. The lowest BCUT2D eigenvalue weighted by Crippen LogP contribution is -2.07. The van der Waals surface area contributed by atoms with Crippen LogP contribution in [-0.2, 0) is 0 Å².